The van der Waals surface area contributed by atoms with Gasteiger partial charge < -0.3 is 15.3 Å². The van der Waals surface area contributed by atoms with Crippen LogP contribution in [-0.4, -0.2) is 60.9 Å². The number of sulfone groups is 1. The molecule has 0 aliphatic carbocycles. The Morgan fingerprint density at radius 2 is 2.04 bits per heavy atom. The first-order valence-corrected chi connectivity index (χ1v) is 9.96. The van der Waals surface area contributed by atoms with E-state index in [1.807, 2.05) is 6.92 Å². The third kappa shape index (κ3) is 2.59. The Labute approximate surface area is 146 Å². The van der Waals surface area contributed by atoms with Crippen molar-refractivity contribution < 1.29 is 23.1 Å². The Kier molecular flexibility index (Phi) is 4.26. The Morgan fingerprint density at radius 1 is 1.36 bits per heavy atom. The van der Waals surface area contributed by atoms with Crippen molar-refractivity contribution in [1.29, 1.82) is 0 Å². The fourth-order valence-corrected chi connectivity index (χ4v) is 6.12. The van der Waals surface area contributed by atoms with Crippen molar-refractivity contribution in [3.63, 3.8) is 0 Å². The van der Waals surface area contributed by atoms with Crippen molar-refractivity contribution in [2.75, 3.05) is 25.9 Å². The molecule has 0 aromatic heterocycles. The summed E-state index contributed by atoms with van der Waals surface area (Å²) in [5, 5.41) is 12.5. The molecule has 7 nitrogen and oxygen atoms in total. The summed E-state index contributed by atoms with van der Waals surface area (Å²) in [5.41, 5.74) is 1.08. The van der Waals surface area contributed by atoms with Crippen molar-refractivity contribution in [1.82, 2.24) is 10.2 Å². The number of carbonyl (C=O) groups excluding carboxylic acids is 2. The summed E-state index contributed by atoms with van der Waals surface area (Å²) in [4.78, 5) is 26.2. The molecule has 2 amide bonds. The van der Waals surface area contributed by atoms with Gasteiger partial charge in [-0.15, -0.1) is 0 Å². The minimum absolute atomic E-state index is 0.0119. The SMILES string of the molecule is CCc1ccc(O)c(C(=O)N2CC3(C2)C(C(=O)NC)CCS3(=O)=O)c1. The lowest BCUT2D eigenvalue weighted by Crippen LogP contribution is -2.69. The summed E-state index contributed by atoms with van der Waals surface area (Å²) in [6.07, 6.45) is 0.998. The van der Waals surface area contributed by atoms with Gasteiger partial charge in [-0.2, -0.15) is 0 Å². The summed E-state index contributed by atoms with van der Waals surface area (Å²) >= 11 is 0. The molecule has 1 atom stereocenters. The number of phenols is 1. The lowest BCUT2D eigenvalue weighted by molar-refractivity contribution is -0.126. The molecular formula is C17H22N2O5S. The van der Waals surface area contributed by atoms with Crippen LogP contribution < -0.4 is 5.32 Å². The molecular weight excluding hydrogens is 344 g/mol. The molecule has 1 unspecified atom stereocenters. The zero-order valence-corrected chi connectivity index (χ0v) is 15.1. The van der Waals surface area contributed by atoms with E-state index in [1.54, 1.807) is 12.1 Å². The molecule has 2 heterocycles. The van der Waals surface area contributed by atoms with Gasteiger partial charge in [-0.1, -0.05) is 13.0 Å². The van der Waals surface area contributed by atoms with Crippen LogP contribution in [0.1, 0.15) is 29.3 Å². The van der Waals surface area contributed by atoms with E-state index in [0.717, 1.165) is 12.0 Å². The molecule has 25 heavy (non-hydrogen) atoms. The lowest BCUT2D eigenvalue weighted by Gasteiger charge is -2.49. The van der Waals surface area contributed by atoms with Crippen LogP contribution in [0, 0.1) is 5.92 Å². The number of hydrogen-bond acceptors (Lipinski definition) is 5. The van der Waals surface area contributed by atoms with Crippen molar-refractivity contribution >= 4 is 21.7 Å². The highest BCUT2D eigenvalue weighted by atomic mass is 32.2. The summed E-state index contributed by atoms with van der Waals surface area (Å²) in [5.74, 6) is -1.51. The minimum Gasteiger partial charge on any atom is -0.507 e. The predicted octanol–water partition coefficient (Wildman–Crippen LogP) is 0.330. The Balaban J connectivity index is 1.85. The van der Waals surface area contributed by atoms with Gasteiger partial charge in [0.15, 0.2) is 9.84 Å². The lowest BCUT2D eigenvalue weighted by atomic mass is 9.82. The molecule has 1 aromatic carbocycles. The summed E-state index contributed by atoms with van der Waals surface area (Å²) in [6, 6.07) is 4.84. The van der Waals surface area contributed by atoms with Crippen molar-refractivity contribution in [2.24, 2.45) is 5.92 Å². The van der Waals surface area contributed by atoms with Crippen LogP contribution in [-0.2, 0) is 21.1 Å². The van der Waals surface area contributed by atoms with Crippen LogP contribution >= 0.6 is 0 Å². The molecule has 2 fully saturated rings. The monoisotopic (exact) mass is 366 g/mol. The molecule has 0 radical (unpaired) electrons. The number of benzene rings is 1. The summed E-state index contributed by atoms with van der Waals surface area (Å²) in [6.45, 7) is 1.92. The highest BCUT2D eigenvalue weighted by Gasteiger charge is 2.64. The van der Waals surface area contributed by atoms with Crippen molar-refractivity contribution in [3.8, 4) is 5.75 Å². The van der Waals surface area contributed by atoms with E-state index in [9.17, 15) is 23.1 Å². The van der Waals surface area contributed by atoms with Crippen molar-refractivity contribution in [2.45, 2.75) is 24.5 Å². The molecule has 2 aliphatic rings. The minimum atomic E-state index is -3.44. The molecule has 136 valence electrons. The number of nitrogens with one attached hydrogen (secondary N) is 1. The number of aromatic hydroxyl groups is 1. The molecule has 8 heteroatoms. The van der Waals surface area contributed by atoms with Gasteiger partial charge in [0.05, 0.1) is 17.2 Å². The summed E-state index contributed by atoms with van der Waals surface area (Å²) in [7, 11) is -1.96. The maximum atomic E-state index is 12.7. The Morgan fingerprint density at radius 3 is 2.64 bits per heavy atom. The van der Waals surface area contributed by atoms with Gasteiger partial charge in [0.2, 0.25) is 5.91 Å². The van der Waals surface area contributed by atoms with Gasteiger partial charge in [-0.05, 0) is 30.5 Å². The average Bonchev–Trinajstić information content (AvgIpc) is 2.83. The maximum Gasteiger partial charge on any atom is 0.257 e. The van der Waals surface area contributed by atoms with E-state index in [1.165, 1.54) is 18.0 Å². The number of nitrogens with zero attached hydrogens (tertiary/aromatic N) is 1. The average molecular weight is 366 g/mol. The number of hydrogen-bond donors (Lipinski definition) is 2. The fourth-order valence-electron chi connectivity index (χ4n) is 3.81. The zero-order valence-electron chi connectivity index (χ0n) is 14.3. The molecule has 0 bridgehead atoms. The highest BCUT2D eigenvalue weighted by molar-refractivity contribution is 7.93. The van der Waals surface area contributed by atoms with E-state index < -0.39 is 26.4 Å². The second-order valence-electron chi connectivity index (χ2n) is 6.71. The van der Waals surface area contributed by atoms with Crippen LogP contribution in [0.3, 0.4) is 0 Å². The topological polar surface area (TPSA) is 104 Å². The zero-order chi connectivity index (χ0) is 18.4. The van der Waals surface area contributed by atoms with Crippen LogP contribution in [0.2, 0.25) is 0 Å². The quantitative estimate of drug-likeness (QED) is 0.802. The third-order valence-corrected chi connectivity index (χ3v) is 7.95. The number of aryl methyl sites for hydroxylation is 1. The normalized spacial score (nSPS) is 23.3. The van der Waals surface area contributed by atoms with Crippen LogP contribution in [0.25, 0.3) is 0 Å². The van der Waals surface area contributed by atoms with E-state index in [0.29, 0.717) is 0 Å². The highest BCUT2D eigenvalue weighted by Crippen LogP contribution is 2.45. The Hall–Kier alpha value is -2.09. The standard InChI is InChI=1S/C17H22N2O5S/c1-3-11-4-5-14(20)12(8-11)16(22)19-9-17(10-19)13(15(21)18-2)6-7-25(17,23)24/h4-5,8,13,20H,3,6-7,9-10H2,1-2H3,(H,18,21). The summed E-state index contributed by atoms with van der Waals surface area (Å²) < 4.78 is 23.8. The first-order chi connectivity index (χ1) is 11.8. The smallest absolute Gasteiger partial charge is 0.257 e. The molecule has 2 saturated heterocycles. The first-order valence-electron chi connectivity index (χ1n) is 8.31. The van der Waals surface area contributed by atoms with E-state index >= 15 is 0 Å². The van der Waals surface area contributed by atoms with Crippen LogP contribution in [0.15, 0.2) is 18.2 Å². The maximum absolute atomic E-state index is 12.7. The number of likely N-dealkylation sites (tertiary alicyclic amines) is 1. The largest absolute Gasteiger partial charge is 0.507 e. The number of rotatable bonds is 3. The number of amides is 2. The van der Waals surface area contributed by atoms with Crippen LogP contribution in [0.5, 0.6) is 5.75 Å². The first kappa shape index (κ1) is 17.7. The van der Waals surface area contributed by atoms with Gasteiger partial charge in [0.25, 0.3) is 5.91 Å². The van der Waals surface area contributed by atoms with E-state index in [4.69, 9.17) is 0 Å². The van der Waals surface area contributed by atoms with Gasteiger partial charge in [-0.3, -0.25) is 9.59 Å². The molecule has 1 aromatic rings. The van der Waals surface area contributed by atoms with E-state index in [2.05, 4.69) is 5.32 Å². The van der Waals surface area contributed by atoms with Gasteiger partial charge in [-0.25, -0.2) is 8.42 Å². The van der Waals surface area contributed by atoms with Gasteiger partial charge >= 0.3 is 0 Å². The second-order valence-corrected chi connectivity index (χ2v) is 9.16. The number of carbonyl (C=O) groups is 2. The second kappa shape index (κ2) is 6.01. The van der Waals surface area contributed by atoms with E-state index in [-0.39, 0.29) is 42.5 Å². The van der Waals surface area contributed by atoms with Crippen LogP contribution in [0.4, 0.5) is 0 Å². The predicted molar refractivity (Wildman–Crippen MR) is 92.1 cm³/mol. The molecule has 1 spiro atoms. The van der Waals surface area contributed by atoms with Crippen molar-refractivity contribution in [3.05, 3.63) is 29.3 Å². The molecule has 2 aliphatic heterocycles. The molecule has 2 N–H and O–H groups in total. The Bertz CT molecular complexity index is 827. The van der Waals surface area contributed by atoms with Gasteiger partial charge in [0.1, 0.15) is 10.5 Å². The molecule has 0 saturated carbocycles. The number of phenolic OH excluding ortho intramolecular Hbond substituents is 1. The molecule has 3 rings (SSSR count). The van der Waals surface area contributed by atoms with Gasteiger partial charge in [0, 0.05) is 20.1 Å². The fraction of sp³-hybridized carbons (Fsp3) is 0.529. The third-order valence-electron chi connectivity index (χ3n) is 5.40.